The number of carboxylic acid groups (broad SMARTS) is 1. The van der Waals surface area contributed by atoms with Gasteiger partial charge in [0.1, 0.15) is 34.3 Å². The quantitative estimate of drug-likeness (QED) is 0.0656. The van der Waals surface area contributed by atoms with Gasteiger partial charge in [0.25, 0.3) is 23.7 Å². The van der Waals surface area contributed by atoms with E-state index in [2.05, 4.69) is 19.9 Å². The molecule has 79 heavy (non-hydrogen) atoms. The minimum Gasteiger partial charge on any atom is -0.478 e. The second kappa shape index (κ2) is 24.5. The number of aryl methyl sites for hydroxylation is 3. The zero-order valence-electron chi connectivity index (χ0n) is 43.3. The van der Waals surface area contributed by atoms with E-state index in [0.29, 0.717) is 59.2 Å². The molecule has 0 spiro atoms. The lowest BCUT2D eigenvalue weighted by Gasteiger charge is -2.31. The number of aliphatic carboxylic acids is 1. The highest BCUT2D eigenvalue weighted by Gasteiger charge is 2.37. The highest BCUT2D eigenvalue weighted by molar-refractivity contribution is 5.96. The number of hydrogen-bond donors (Lipinski definition) is 4. The van der Waals surface area contributed by atoms with Crippen molar-refractivity contribution in [1.29, 1.82) is 0 Å². The van der Waals surface area contributed by atoms with Crippen LogP contribution in [0.3, 0.4) is 0 Å². The molecule has 16 nitrogen and oxygen atoms in total. The molecule has 8 heterocycles. The molecule has 408 valence electrons. The van der Waals surface area contributed by atoms with Gasteiger partial charge < -0.3 is 40.9 Å². The molecule has 2 aliphatic heterocycles. The van der Waals surface area contributed by atoms with E-state index in [1.54, 1.807) is 60.8 Å². The van der Waals surface area contributed by atoms with E-state index in [4.69, 9.17) is 31.1 Å². The molecule has 10 rings (SSSR count). The van der Waals surface area contributed by atoms with E-state index in [0.717, 1.165) is 67.3 Å². The Kier molecular flexibility index (Phi) is 17.4. The number of rotatable bonds is 12. The number of halogens is 4. The number of furan rings is 2. The number of carbonyl (C=O) groups excluding carboxylic acids is 3. The van der Waals surface area contributed by atoms with Gasteiger partial charge in [-0.15, -0.1) is 0 Å². The summed E-state index contributed by atoms with van der Waals surface area (Å²) in [5.74, 6) is -4.66. The largest absolute Gasteiger partial charge is 0.478 e. The smallest absolute Gasteiger partial charge is 0.328 e. The van der Waals surface area contributed by atoms with Crippen LogP contribution < -0.4 is 17.2 Å². The second-order valence-corrected chi connectivity index (χ2v) is 19.2. The third kappa shape index (κ3) is 14.9. The zero-order valence-corrected chi connectivity index (χ0v) is 43.3. The highest BCUT2D eigenvalue weighted by Crippen LogP contribution is 2.33. The summed E-state index contributed by atoms with van der Waals surface area (Å²) in [5, 5.41) is 10.1. The van der Waals surface area contributed by atoms with Gasteiger partial charge in [0.2, 0.25) is 0 Å². The van der Waals surface area contributed by atoms with Gasteiger partial charge in [-0.3, -0.25) is 24.4 Å². The molecule has 20 heteroatoms. The molecule has 0 unspecified atom stereocenters. The van der Waals surface area contributed by atoms with Gasteiger partial charge >= 0.3 is 5.97 Å². The van der Waals surface area contributed by atoms with Crippen LogP contribution >= 0.6 is 0 Å². The fourth-order valence-electron chi connectivity index (χ4n) is 8.82. The van der Waals surface area contributed by atoms with Gasteiger partial charge in [-0.05, 0) is 139 Å². The van der Waals surface area contributed by atoms with E-state index in [9.17, 15) is 36.7 Å². The van der Waals surface area contributed by atoms with Gasteiger partial charge in [0.15, 0.2) is 5.78 Å². The number of fused-ring (bicyclic) bond motifs is 2. The standard InChI is InChI=1S/C30H28F2N4O3.C21H21F2N3O2.C8H8N2O2/c1-19-14-22(26-8-4-21(18-34-26)29(38)36-12-10-30(31,32)11-13-36)15-23-16-25(39-28(19)23)7-6-24(37)5-2-20-3-9-27(33)35-17-20;1-13-8-15(9-16-10-17(11-24)28-19(13)16)18-3-2-14(12-25-18)20(27)26-6-4-21(22,23)5-7-26;9-7-3-1-6(5-10-7)2-4-8(11)12/h2-5,8-9,14-18H,6-7,10-13H2,1H3,(H2,33,35);2-3,8-10,12H,4-7,11,24H2,1H3;1-5H,(H2,9,10)(H,11,12)/b5-2+;;4-2+. The molecule has 0 radical (unpaired) electrons. The van der Waals surface area contributed by atoms with Crippen LogP contribution in [0.2, 0.25) is 0 Å². The third-order valence-corrected chi connectivity index (χ3v) is 13.2. The first-order chi connectivity index (χ1) is 37.7. The number of piperidine rings is 2. The molecule has 0 saturated carbocycles. The van der Waals surface area contributed by atoms with Crippen molar-refractivity contribution in [2.24, 2.45) is 5.73 Å². The Labute approximate surface area is 451 Å². The van der Waals surface area contributed by atoms with Crippen molar-refractivity contribution in [3.8, 4) is 22.5 Å². The Hall–Kier alpha value is -9.04. The predicted molar refractivity (Wildman–Crippen MR) is 293 cm³/mol. The summed E-state index contributed by atoms with van der Waals surface area (Å²) in [6, 6.07) is 25.4. The van der Waals surface area contributed by atoms with Crippen molar-refractivity contribution in [3.63, 3.8) is 0 Å². The lowest BCUT2D eigenvalue weighted by molar-refractivity contribution is -0.131. The van der Waals surface area contributed by atoms with Crippen LogP contribution in [0.4, 0.5) is 29.2 Å². The monoisotopic (exact) mass is 1080 g/mol. The molecule has 0 atom stereocenters. The molecular formula is C59H57F4N9O7. The summed E-state index contributed by atoms with van der Waals surface area (Å²) >= 11 is 0. The topological polar surface area (TPSA) is 251 Å². The normalized spacial score (nSPS) is 14.9. The molecular weight excluding hydrogens is 1020 g/mol. The fraction of sp³-hybridized carbons (Fsp3) is 0.254. The van der Waals surface area contributed by atoms with Crippen LogP contribution in [-0.4, -0.2) is 96.4 Å². The molecule has 0 bridgehead atoms. The molecule has 6 aromatic heterocycles. The number of carbonyl (C=O) groups is 4. The maximum Gasteiger partial charge on any atom is 0.328 e. The number of benzene rings is 2. The number of pyridine rings is 4. The van der Waals surface area contributed by atoms with Crippen molar-refractivity contribution in [2.75, 3.05) is 37.6 Å². The average molecular weight is 1080 g/mol. The highest BCUT2D eigenvalue weighted by atomic mass is 19.3. The van der Waals surface area contributed by atoms with E-state index in [-0.39, 0.29) is 69.5 Å². The Morgan fingerprint density at radius 1 is 0.595 bits per heavy atom. The summed E-state index contributed by atoms with van der Waals surface area (Å²) in [4.78, 5) is 67.3. The Bertz CT molecular complexity index is 3520. The minimum absolute atomic E-state index is 0.0261. The number of carboxylic acids is 1. The number of nitrogens with two attached hydrogens (primary N) is 3. The van der Waals surface area contributed by atoms with Crippen molar-refractivity contribution in [1.82, 2.24) is 29.7 Å². The third-order valence-electron chi connectivity index (χ3n) is 13.2. The number of alkyl halides is 4. The Morgan fingerprint density at radius 2 is 1.04 bits per heavy atom. The number of amides is 2. The summed E-state index contributed by atoms with van der Waals surface area (Å²) in [5.41, 5.74) is 25.5. The van der Waals surface area contributed by atoms with Crippen LogP contribution in [0.15, 0.2) is 131 Å². The van der Waals surface area contributed by atoms with Crippen LogP contribution in [-0.2, 0) is 22.6 Å². The first kappa shape index (κ1) is 56.2. The summed E-state index contributed by atoms with van der Waals surface area (Å²) in [6.45, 7) is 4.43. The lowest BCUT2D eigenvalue weighted by Crippen LogP contribution is -2.42. The van der Waals surface area contributed by atoms with E-state index in [1.807, 2.05) is 50.2 Å². The molecule has 2 aliphatic rings. The lowest BCUT2D eigenvalue weighted by atomic mass is 10.0. The first-order valence-electron chi connectivity index (χ1n) is 25.3. The van der Waals surface area contributed by atoms with Crippen LogP contribution in [0.5, 0.6) is 0 Å². The van der Waals surface area contributed by atoms with Gasteiger partial charge in [-0.1, -0.05) is 0 Å². The first-order valence-corrected chi connectivity index (χ1v) is 25.3. The Morgan fingerprint density at radius 3 is 1.44 bits per heavy atom. The van der Waals surface area contributed by atoms with Crippen LogP contribution in [0.25, 0.3) is 56.6 Å². The number of anilines is 2. The molecule has 8 aromatic rings. The molecule has 7 N–H and O–H groups in total. The maximum atomic E-state index is 13.4. The Balaban J connectivity index is 0.000000178. The number of likely N-dealkylation sites (tertiary alicyclic amines) is 2. The predicted octanol–water partition coefficient (Wildman–Crippen LogP) is 10.8. The molecule has 2 fully saturated rings. The van der Waals surface area contributed by atoms with Gasteiger partial charge in [0.05, 0.1) is 29.1 Å². The van der Waals surface area contributed by atoms with E-state index >= 15 is 0 Å². The van der Waals surface area contributed by atoms with Crippen LogP contribution in [0.1, 0.15) is 86.6 Å². The van der Waals surface area contributed by atoms with E-state index in [1.165, 1.54) is 40.5 Å². The second-order valence-electron chi connectivity index (χ2n) is 19.2. The number of hydrogen-bond acceptors (Lipinski definition) is 13. The summed E-state index contributed by atoms with van der Waals surface area (Å²) in [6.07, 6.45) is 11.4. The molecule has 2 saturated heterocycles. The number of allylic oxidation sites excluding steroid dienone is 1. The average Bonchev–Trinajstić information content (AvgIpc) is 4.30. The summed E-state index contributed by atoms with van der Waals surface area (Å²) in [7, 11) is 0. The van der Waals surface area contributed by atoms with E-state index < -0.39 is 17.8 Å². The maximum absolute atomic E-state index is 13.4. The SMILES string of the molecule is Cc1cc(-c2ccc(C(=O)N3CCC(F)(F)CC3)cn2)cc2cc(CCC(=O)/C=C/c3ccc(N)nc3)oc12.Cc1cc(-c2ccc(C(=O)N3CCC(F)(F)CC3)cn2)cc2cc(CN)oc12.Nc1ccc(/C=C/C(=O)O)cn1. The van der Waals surface area contributed by atoms with Crippen molar-refractivity contribution >= 4 is 69.3 Å². The van der Waals surface area contributed by atoms with Crippen molar-refractivity contribution in [2.45, 2.75) is 70.8 Å². The summed E-state index contributed by atoms with van der Waals surface area (Å²) < 4.78 is 65.2. The molecule has 2 aromatic carbocycles. The van der Waals surface area contributed by atoms with Crippen LogP contribution in [0, 0.1) is 13.8 Å². The van der Waals surface area contributed by atoms with Gasteiger partial charge in [0, 0.05) is 117 Å². The molecule has 0 aliphatic carbocycles. The number of ketones is 1. The van der Waals surface area contributed by atoms with Crippen molar-refractivity contribution in [3.05, 3.63) is 167 Å². The number of aromatic nitrogens is 4. The minimum atomic E-state index is -2.70. The van der Waals surface area contributed by atoms with Gasteiger partial charge in [-0.25, -0.2) is 32.3 Å². The van der Waals surface area contributed by atoms with Crippen molar-refractivity contribution < 1.29 is 50.7 Å². The molecule has 2 amide bonds. The number of nitrogen functional groups attached to an aromatic ring is 2. The van der Waals surface area contributed by atoms with Gasteiger partial charge in [-0.2, -0.15) is 0 Å². The number of nitrogens with zero attached hydrogens (tertiary/aromatic N) is 6. The zero-order chi connectivity index (χ0) is 56.4. The fourth-order valence-corrected chi connectivity index (χ4v) is 8.82.